The Labute approximate surface area is 116 Å². The van der Waals surface area contributed by atoms with Gasteiger partial charge in [0.2, 0.25) is 0 Å². The topological polar surface area (TPSA) is 60.0 Å². The lowest BCUT2D eigenvalue weighted by atomic mass is 9.95. The van der Waals surface area contributed by atoms with E-state index in [4.69, 9.17) is 14.2 Å². The molecule has 0 aliphatic heterocycles. The summed E-state index contributed by atoms with van der Waals surface area (Å²) in [5.74, 6) is 0. The van der Waals surface area contributed by atoms with E-state index < -0.39 is 0 Å². The van der Waals surface area contributed by atoms with Crippen molar-refractivity contribution < 1.29 is 19.3 Å². The molecule has 0 aromatic carbocycles. The van der Waals surface area contributed by atoms with Crippen LogP contribution in [0, 0.1) is 0 Å². The van der Waals surface area contributed by atoms with Gasteiger partial charge in [-0.05, 0) is 33.1 Å². The molecule has 2 N–H and O–H groups in total. The Morgan fingerprint density at radius 2 is 1.95 bits per heavy atom. The average Bonchev–Trinajstić information content (AvgIpc) is 3.17. The van der Waals surface area contributed by atoms with E-state index in [1.165, 1.54) is 12.8 Å². The number of methoxy groups -OCH3 is 1. The maximum absolute atomic E-state index is 9.52. The van der Waals surface area contributed by atoms with Gasteiger partial charge >= 0.3 is 0 Å². The molecule has 114 valence electrons. The molecular weight excluding hydrogens is 246 g/mol. The maximum atomic E-state index is 9.52. The number of rotatable bonds is 12. The van der Waals surface area contributed by atoms with Crippen LogP contribution in [0.1, 0.15) is 33.1 Å². The Kier molecular flexibility index (Phi) is 7.87. The molecule has 1 fully saturated rings. The van der Waals surface area contributed by atoms with Crippen LogP contribution in [-0.4, -0.2) is 62.9 Å². The summed E-state index contributed by atoms with van der Waals surface area (Å²) < 4.78 is 15.9. The lowest BCUT2D eigenvalue weighted by molar-refractivity contribution is -0.0154. The summed E-state index contributed by atoms with van der Waals surface area (Å²) in [7, 11) is 1.66. The van der Waals surface area contributed by atoms with E-state index in [1.807, 2.05) is 6.92 Å². The largest absolute Gasteiger partial charge is 0.394 e. The highest BCUT2D eigenvalue weighted by molar-refractivity contribution is 4.93. The fourth-order valence-electron chi connectivity index (χ4n) is 2.14. The SMILES string of the molecule is COCCOCCOC(C)CC(C)(CO)NC1CC1. The van der Waals surface area contributed by atoms with Gasteiger partial charge in [0.05, 0.1) is 39.1 Å². The van der Waals surface area contributed by atoms with E-state index in [0.717, 1.165) is 6.42 Å². The fraction of sp³-hybridized carbons (Fsp3) is 1.00. The molecule has 2 unspecified atom stereocenters. The summed E-state index contributed by atoms with van der Waals surface area (Å²) in [4.78, 5) is 0. The van der Waals surface area contributed by atoms with Gasteiger partial charge in [-0.25, -0.2) is 0 Å². The van der Waals surface area contributed by atoms with Gasteiger partial charge in [0.25, 0.3) is 0 Å². The van der Waals surface area contributed by atoms with Crippen LogP contribution >= 0.6 is 0 Å². The van der Waals surface area contributed by atoms with Crippen LogP contribution in [0.5, 0.6) is 0 Å². The molecule has 1 saturated carbocycles. The zero-order valence-corrected chi connectivity index (χ0v) is 12.5. The van der Waals surface area contributed by atoms with Crippen LogP contribution in [0.4, 0.5) is 0 Å². The van der Waals surface area contributed by atoms with Crippen LogP contribution in [-0.2, 0) is 14.2 Å². The number of aliphatic hydroxyl groups excluding tert-OH is 1. The monoisotopic (exact) mass is 275 g/mol. The first kappa shape index (κ1) is 16.9. The summed E-state index contributed by atoms with van der Waals surface area (Å²) in [5, 5.41) is 13.0. The highest BCUT2D eigenvalue weighted by Crippen LogP contribution is 2.25. The van der Waals surface area contributed by atoms with Crippen molar-refractivity contribution in [3.8, 4) is 0 Å². The van der Waals surface area contributed by atoms with Crippen LogP contribution < -0.4 is 5.32 Å². The maximum Gasteiger partial charge on any atom is 0.0704 e. The highest BCUT2D eigenvalue weighted by atomic mass is 16.5. The van der Waals surface area contributed by atoms with Crippen molar-refractivity contribution in [2.45, 2.75) is 50.8 Å². The van der Waals surface area contributed by atoms with Crippen molar-refractivity contribution in [1.82, 2.24) is 5.32 Å². The molecule has 0 aromatic heterocycles. The van der Waals surface area contributed by atoms with E-state index in [2.05, 4.69) is 12.2 Å². The average molecular weight is 275 g/mol. The third kappa shape index (κ3) is 7.84. The zero-order valence-electron chi connectivity index (χ0n) is 12.5. The van der Waals surface area contributed by atoms with Gasteiger partial charge in [0.1, 0.15) is 0 Å². The quantitative estimate of drug-likeness (QED) is 0.519. The molecule has 5 heteroatoms. The molecule has 0 bridgehead atoms. The molecule has 1 aliphatic carbocycles. The van der Waals surface area contributed by atoms with Crippen LogP contribution in [0.25, 0.3) is 0 Å². The summed E-state index contributed by atoms with van der Waals surface area (Å²) in [6, 6.07) is 0.585. The Bertz CT molecular complexity index is 235. The summed E-state index contributed by atoms with van der Waals surface area (Å²) in [6.07, 6.45) is 3.35. The van der Waals surface area contributed by atoms with Gasteiger partial charge < -0.3 is 24.6 Å². The molecule has 5 nitrogen and oxygen atoms in total. The molecule has 0 spiro atoms. The number of nitrogens with one attached hydrogen (secondary N) is 1. The second kappa shape index (κ2) is 8.87. The summed E-state index contributed by atoms with van der Waals surface area (Å²) in [5.41, 5.74) is -0.239. The minimum absolute atomic E-state index is 0.106. The number of ether oxygens (including phenoxy) is 3. The van der Waals surface area contributed by atoms with Crippen molar-refractivity contribution in [2.75, 3.05) is 40.1 Å². The Morgan fingerprint density at radius 1 is 1.26 bits per heavy atom. The molecule has 0 amide bonds. The minimum atomic E-state index is -0.239. The van der Waals surface area contributed by atoms with Gasteiger partial charge in [-0.2, -0.15) is 0 Å². The molecule has 0 aromatic rings. The molecule has 0 saturated heterocycles. The molecule has 2 atom stereocenters. The van der Waals surface area contributed by atoms with Gasteiger partial charge in [-0.15, -0.1) is 0 Å². The normalized spacial score (nSPS) is 20.2. The molecule has 19 heavy (non-hydrogen) atoms. The molecule has 0 heterocycles. The molecule has 0 radical (unpaired) electrons. The first-order valence-electron chi connectivity index (χ1n) is 7.16. The van der Waals surface area contributed by atoms with Crippen molar-refractivity contribution in [3.05, 3.63) is 0 Å². The van der Waals surface area contributed by atoms with E-state index in [9.17, 15) is 5.11 Å². The Hall–Kier alpha value is -0.200. The van der Waals surface area contributed by atoms with E-state index >= 15 is 0 Å². The highest BCUT2D eigenvalue weighted by Gasteiger charge is 2.33. The predicted octanol–water partition coefficient (Wildman–Crippen LogP) is 0.948. The van der Waals surface area contributed by atoms with Crippen molar-refractivity contribution >= 4 is 0 Å². The van der Waals surface area contributed by atoms with Crippen molar-refractivity contribution in [2.24, 2.45) is 0 Å². The van der Waals surface area contributed by atoms with Crippen molar-refractivity contribution in [3.63, 3.8) is 0 Å². The smallest absolute Gasteiger partial charge is 0.0704 e. The van der Waals surface area contributed by atoms with Crippen LogP contribution in [0.3, 0.4) is 0 Å². The first-order valence-corrected chi connectivity index (χ1v) is 7.16. The number of aliphatic hydroxyl groups is 1. The third-order valence-electron chi connectivity index (χ3n) is 3.28. The molecular formula is C14H29NO4. The number of hydrogen-bond donors (Lipinski definition) is 2. The molecule has 1 rings (SSSR count). The van der Waals surface area contributed by atoms with Gasteiger partial charge in [-0.3, -0.25) is 0 Å². The number of hydrogen-bond acceptors (Lipinski definition) is 5. The fourth-order valence-corrected chi connectivity index (χ4v) is 2.14. The zero-order chi connectivity index (χ0) is 14.1. The van der Waals surface area contributed by atoms with Crippen LogP contribution in [0.15, 0.2) is 0 Å². The van der Waals surface area contributed by atoms with E-state index in [0.29, 0.717) is 32.5 Å². The van der Waals surface area contributed by atoms with Crippen molar-refractivity contribution in [1.29, 1.82) is 0 Å². The third-order valence-corrected chi connectivity index (χ3v) is 3.28. The summed E-state index contributed by atoms with van der Waals surface area (Å²) >= 11 is 0. The molecule has 1 aliphatic rings. The van der Waals surface area contributed by atoms with E-state index in [-0.39, 0.29) is 18.2 Å². The standard InChI is InChI=1S/C14H29NO4/c1-12(19-9-8-18-7-6-17-3)10-14(2,11-16)15-13-4-5-13/h12-13,15-16H,4-11H2,1-3H3. The van der Waals surface area contributed by atoms with Gasteiger partial charge in [0, 0.05) is 18.7 Å². The summed E-state index contributed by atoms with van der Waals surface area (Å²) in [6.45, 7) is 6.62. The second-order valence-corrected chi connectivity index (χ2v) is 5.63. The minimum Gasteiger partial charge on any atom is -0.394 e. The Balaban J connectivity index is 2.08. The first-order chi connectivity index (χ1) is 9.09. The lowest BCUT2D eigenvalue weighted by Crippen LogP contribution is -2.49. The van der Waals surface area contributed by atoms with Gasteiger partial charge in [-0.1, -0.05) is 0 Å². The Morgan fingerprint density at radius 3 is 2.53 bits per heavy atom. The predicted molar refractivity (Wildman–Crippen MR) is 74.4 cm³/mol. The van der Waals surface area contributed by atoms with E-state index in [1.54, 1.807) is 7.11 Å². The van der Waals surface area contributed by atoms with Crippen LogP contribution in [0.2, 0.25) is 0 Å². The lowest BCUT2D eigenvalue weighted by Gasteiger charge is -2.31. The van der Waals surface area contributed by atoms with Gasteiger partial charge in [0.15, 0.2) is 0 Å². The second-order valence-electron chi connectivity index (χ2n) is 5.63.